The van der Waals surface area contributed by atoms with E-state index in [1.165, 1.54) is 10.4 Å². The molecule has 0 amide bonds. The van der Waals surface area contributed by atoms with E-state index in [0.29, 0.717) is 6.54 Å². The summed E-state index contributed by atoms with van der Waals surface area (Å²) in [5, 5.41) is 5.21. The summed E-state index contributed by atoms with van der Waals surface area (Å²) in [7, 11) is 3.98. The summed E-state index contributed by atoms with van der Waals surface area (Å²) in [6.07, 6.45) is 3.91. The number of rotatable bonds is 4. The standard InChI is InChI=1S/C14H23N5S/c1-14(2,3)12-11(6-15)20-13(17-12)18(4)8-10-7-16-19(5)9-10/h7,9H,6,8,15H2,1-5H3. The smallest absolute Gasteiger partial charge is 0.185 e. The van der Waals surface area contributed by atoms with Crippen LogP contribution in [0.3, 0.4) is 0 Å². The van der Waals surface area contributed by atoms with Crippen LogP contribution in [0.5, 0.6) is 0 Å². The Bertz CT molecular complexity index is 579. The van der Waals surface area contributed by atoms with Crippen LogP contribution in [-0.2, 0) is 25.6 Å². The van der Waals surface area contributed by atoms with Gasteiger partial charge in [-0.05, 0) is 0 Å². The Labute approximate surface area is 124 Å². The fourth-order valence-corrected chi connectivity index (χ4v) is 3.23. The molecule has 2 aromatic heterocycles. The molecule has 2 aromatic rings. The first-order chi connectivity index (χ1) is 9.31. The number of aryl methyl sites for hydroxylation is 1. The first-order valence-electron chi connectivity index (χ1n) is 6.70. The average Bonchev–Trinajstić information content (AvgIpc) is 2.94. The van der Waals surface area contributed by atoms with Crippen LogP contribution in [-0.4, -0.2) is 21.8 Å². The molecule has 0 unspecified atom stereocenters. The number of nitrogens with two attached hydrogens (primary N) is 1. The molecule has 0 aliphatic carbocycles. The van der Waals surface area contributed by atoms with Crippen molar-refractivity contribution in [1.82, 2.24) is 14.8 Å². The predicted molar refractivity (Wildman–Crippen MR) is 84.0 cm³/mol. The first kappa shape index (κ1) is 15.0. The maximum Gasteiger partial charge on any atom is 0.185 e. The molecular formula is C14H23N5S. The van der Waals surface area contributed by atoms with E-state index in [2.05, 4.69) is 37.8 Å². The highest BCUT2D eigenvalue weighted by atomic mass is 32.1. The number of hydrogen-bond donors (Lipinski definition) is 1. The summed E-state index contributed by atoms with van der Waals surface area (Å²) in [6.45, 7) is 7.87. The fraction of sp³-hybridized carbons (Fsp3) is 0.571. The molecule has 2 heterocycles. The zero-order chi connectivity index (χ0) is 14.9. The topological polar surface area (TPSA) is 60.0 Å². The predicted octanol–water partition coefficient (Wildman–Crippen LogP) is 2.27. The molecule has 2 N–H and O–H groups in total. The van der Waals surface area contributed by atoms with E-state index in [9.17, 15) is 0 Å². The fourth-order valence-electron chi connectivity index (χ4n) is 2.12. The van der Waals surface area contributed by atoms with Crippen LogP contribution in [0.2, 0.25) is 0 Å². The number of thiazole rings is 1. The van der Waals surface area contributed by atoms with Crippen LogP contribution in [0, 0.1) is 0 Å². The van der Waals surface area contributed by atoms with Gasteiger partial charge in [0.15, 0.2) is 5.13 Å². The number of hydrogen-bond acceptors (Lipinski definition) is 5. The van der Waals surface area contributed by atoms with Gasteiger partial charge in [0.1, 0.15) is 0 Å². The third-order valence-corrected chi connectivity index (χ3v) is 4.28. The van der Waals surface area contributed by atoms with Crippen LogP contribution < -0.4 is 10.6 Å². The average molecular weight is 293 g/mol. The summed E-state index contributed by atoms with van der Waals surface area (Å²) >= 11 is 1.68. The SMILES string of the molecule is CN(Cc1cnn(C)c1)c1nc(C(C)(C)C)c(CN)s1. The lowest BCUT2D eigenvalue weighted by molar-refractivity contribution is 0.566. The summed E-state index contributed by atoms with van der Waals surface area (Å²) in [6, 6.07) is 0. The van der Waals surface area contributed by atoms with E-state index in [4.69, 9.17) is 10.7 Å². The Morgan fingerprint density at radius 2 is 2.10 bits per heavy atom. The molecule has 0 saturated heterocycles. The molecule has 0 aromatic carbocycles. The second-order valence-corrected chi connectivity index (χ2v) is 7.16. The quantitative estimate of drug-likeness (QED) is 0.939. The molecule has 110 valence electrons. The Morgan fingerprint density at radius 3 is 2.55 bits per heavy atom. The van der Waals surface area contributed by atoms with Gasteiger partial charge in [0.25, 0.3) is 0 Å². The lowest BCUT2D eigenvalue weighted by Gasteiger charge is -2.17. The van der Waals surface area contributed by atoms with Gasteiger partial charge in [0.05, 0.1) is 11.9 Å². The summed E-state index contributed by atoms with van der Waals surface area (Å²) in [5.74, 6) is 0. The molecule has 0 saturated carbocycles. The normalized spacial score (nSPS) is 11.9. The van der Waals surface area contributed by atoms with E-state index in [1.54, 1.807) is 11.3 Å². The van der Waals surface area contributed by atoms with E-state index >= 15 is 0 Å². The highest BCUT2D eigenvalue weighted by Crippen LogP contribution is 2.33. The second-order valence-electron chi connectivity index (χ2n) is 6.10. The lowest BCUT2D eigenvalue weighted by atomic mass is 9.91. The van der Waals surface area contributed by atoms with Crippen molar-refractivity contribution in [1.29, 1.82) is 0 Å². The second kappa shape index (κ2) is 5.54. The molecule has 20 heavy (non-hydrogen) atoms. The van der Waals surface area contributed by atoms with E-state index in [0.717, 1.165) is 17.4 Å². The Hall–Kier alpha value is -1.40. The third-order valence-electron chi connectivity index (χ3n) is 3.09. The minimum absolute atomic E-state index is 0.0264. The molecule has 0 spiro atoms. The molecule has 2 rings (SSSR count). The zero-order valence-electron chi connectivity index (χ0n) is 12.8. The Kier molecular flexibility index (Phi) is 4.15. The van der Waals surface area contributed by atoms with Crippen molar-refractivity contribution in [2.24, 2.45) is 12.8 Å². The van der Waals surface area contributed by atoms with Crippen LogP contribution in [0.4, 0.5) is 5.13 Å². The Balaban J connectivity index is 2.22. The van der Waals surface area contributed by atoms with Gasteiger partial charge in [-0.1, -0.05) is 20.8 Å². The van der Waals surface area contributed by atoms with Crippen molar-refractivity contribution in [2.45, 2.75) is 39.3 Å². The molecule has 0 fully saturated rings. The maximum absolute atomic E-state index is 5.86. The molecule has 0 aliphatic rings. The van der Waals surface area contributed by atoms with Gasteiger partial charge in [-0.25, -0.2) is 4.98 Å². The van der Waals surface area contributed by atoms with E-state index in [1.807, 2.05) is 24.1 Å². The van der Waals surface area contributed by atoms with Gasteiger partial charge in [0, 0.05) is 49.2 Å². The van der Waals surface area contributed by atoms with Crippen molar-refractivity contribution >= 4 is 16.5 Å². The van der Waals surface area contributed by atoms with Gasteiger partial charge < -0.3 is 10.6 Å². The van der Waals surface area contributed by atoms with E-state index in [-0.39, 0.29) is 5.41 Å². The van der Waals surface area contributed by atoms with Gasteiger partial charge in [-0.2, -0.15) is 5.10 Å². The Morgan fingerprint density at radius 1 is 1.40 bits per heavy atom. The van der Waals surface area contributed by atoms with Crippen LogP contribution >= 0.6 is 11.3 Å². The number of aromatic nitrogens is 3. The summed E-state index contributed by atoms with van der Waals surface area (Å²) in [5.41, 5.74) is 8.17. The van der Waals surface area contributed by atoms with Crippen molar-refractivity contribution in [3.8, 4) is 0 Å². The molecule has 0 aliphatic heterocycles. The molecule has 6 heteroatoms. The van der Waals surface area contributed by atoms with Crippen molar-refractivity contribution in [2.75, 3.05) is 11.9 Å². The van der Waals surface area contributed by atoms with Crippen molar-refractivity contribution in [3.05, 3.63) is 28.5 Å². The number of anilines is 1. The molecule has 0 radical (unpaired) electrons. The van der Waals surface area contributed by atoms with Gasteiger partial charge in [-0.15, -0.1) is 11.3 Å². The maximum atomic E-state index is 5.86. The lowest BCUT2D eigenvalue weighted by Crippen LogP contribution is -2.18. The number of nitrogens with zero attached hydrogens (tertiary/aromatic N) is 4. The highest BCUT2D eigenvalue weighted by molar-refractivity contribution is 7.15. The van der Waals surface area contributed by atoms with Gasteiger partial charge in [0.2, 0.25) is 0 Å². The third kappa shape index (κ3) is 3.19. The molecular weight excluding hydrogens is 270 g/mol. The molecule has 5 nitrogen and oxygen atoms in total. The summed E-state index contributed by atoms with van der Waals surface area (Å²) in [4.78, 5) is 8.11. The van der Waals surface area contributed by atoms with Gasteiger partial charge in [-0.3, -0.25) is 4.68 Å². The van der Waals surface area contributed by atoms with E-state index < -0.39 is 0 Å². The minimum atomic E-state index is 0.0264. The monoisotopic (exact) mass is 293 g/mol. The van der Waals surface area contributed by atoms with Crippen molar-refractivity contribution in [3.63, 3.8) is 0 Å². The molecule has 0 atom stereocenters. The first-order valence-corrected chi connectivity index (χ1v) is 7.52. The largest absolute Gasteiger partial charge is 0.347 e. The summed E-state index contributed by atoms with van der Waals surface area (Å²) < 4.78 is 1.82. The van der Waals surface area contributed by atoms with Crippen molar-refractivity contribution < 1.29 is 0 Å². The zero-order valence-corrected chi connectivity index (χ0v) is 13.7. The van der Waals surface area contributed by atoms with Gasteiger partial charge >= 0.3 is 0 Å². The molecule has 0 bridgehead atoms. The van der Waals surface area contributed by atoms with Crippen LogP contribution in [0.15, 0.2) is 12.4 Å². The van der Waals surface area contributed by atoms with Crippen LogP contribution in [0.1, 0.15) is 36.9 Å². The van der Waals surface area contributed by atoms with Crippen LogP contribution in [0.25, 0.3) is 0 Å². The highest BCUT2D eigenvalue weighted by Gasteiger charge is 2.23. The minimum Gasteiger partial charge on any atom is -0.347 e.